The molecule has 1 rings (SSSR count). The van der Waals surface area contributed by atoms with Gasteiger partial charge in [-0.3, -0.25) is 4.79 Å². The molecular formula is C19H27NO4. The van der Waals surface area contributed by atoms with Gasteiger partial charge in [0.15, 0.2) is 0 Å². The van der Waals surface area contributed by atoms with Crippen LogP contribution in [0, 0.1) is 0 Å². The molecule has 0 heterocycles. The normalized spacial score (nSPS) is 9.25. The van der Waals surface area contributed by atoms with Crippen molar-refractivity contribution in [2.45, 2.75) is 28.7 Å². The average molecular weight is 333 g/mol. The van der Waals surface area contributed by atoms with Crippen molar-refractivity contribution >= 4 is 18.0 Å². The van der Waals surface area contributed by atoms with Gasteiger partial charge < -0.3 is 14.8 Å². The summed E-state index contributed by atoms with van der Waals surface area (Å²) in [4.78, 5) is 22.6. The van der Waals surface area contributed by atoms with Crippen LogP contribution < -0.4 is 10.1 Å². The second-order valence-corrected chi connectivity index (χ2v) is 4.65. The van der Waals surface area contributed by atoms with Gasteiger partial charge in [0.1, 0.15) is 5.75 Å². The topological polar surface area (TPSA) is 64.6 Å². The number of carbonyl (C=O) groups excluding carboxylic acids is 2. The van der Waals surface area contributed by atoms with Gasteiger partial charge in [0.05, 0.1) is 0 Å². The molecule has 0 unspecified atom stereocenters. The minimum Gasteiger partial charge on any atom is -0.457 e. The van der Waals surface area contributed by atoms with Gasteiger partial charge in [-0.25, -0.2) is 4.79 Å². The lowest BCUT2D eigenvalue weighted by Crippen LogP contribution is -2.17. The van der Waals surface area contributed by atoms with Gasteiger partial charge in [-0.15, -0.1) is 0 Å². The Hall–Kier alpha value is -2.82. The van der Waals surface area contributed by atoms with Gasteiger partial charge >= 0.3 is 5.97 Å². The van der Waals surface area contributed by atoms with Crippen LogP contribution in [0.4, 0.5) is 0 Å². The summed E-state index contributed by atoms with van der Waals surface area (Å²) in [6.07, 6.45) is 3.09. The van der Waals surface area contributed by atoms with Crippen molar-refractivity contribution in [2.75, 3.05) is 6.79 Å². The lowest BCUT2D eigenvalue weighted by Gasteiger charge is -2.07. The van der Waals surface area contributed by atoms with E-state index in [9.17, 15) is 9.59 Å². The van der Waals surface area contributed by atoms with Crippen molar-refractivity contribution in [3.05, 3.63) is 60.3 Å². The van der Waals surface area contributed by atoms with Gasteiger partial charge in [0, 0.05) is 17.3 Å². The fourth-order valence-electron chi connectivity index (χ4n) is 1.37. The highest BCUT2D eigenvalue weighted by Gasteiger charge is 2.02. The van der Waals surface area contributed by atoms with Crippen molar-refractivity contribution in [3.63, 3.8) is 0 Å². The van der Waals surface area contributed by atoms with Crippen LogP contribution in [0.3, 0.4) is 0 Å². The van der Waals surface area contributed by atoms with Gasteiger partial charge in [0.2, 0.25) is 12.7 Å². The summed E-state index contributed by atoms with van der Waals surface area (Å²) < 4.78 is 10.1. The predicted molar refractivity (Wildman–Crippen MR) is 98.3 cm³/mol. The van der Waals surface area contributed by atoms with Crippen LogP contribution in [0.2, 0.25) is 0 Å². The molecule has 0 spiro atoms. The maximum absolute atomic E-state index is 11.4. The molecule has 0 fully saturated rings. The number of hydrogen-bond acceptors (Lipinski definition) is 4. The Kier molecular flexibility index (Phi) is 11.4. The minimum absolute atomic E-state index is 0. The molecule has 1 aromatic rings. The average Bonchev–Trinajstić information content (AvgIpc) is 2.45. The van der Waals surface area contributed by atoms with Gasteiger partial charge in [-0.05, 0) is 37.6 Å². The number of hydrogen-bond donors (Lipinski definition) is 1. The Morgan fingerprint density at radius 3 is 2.21 bits per heavy atom. The largest absolute Gasteiger partial charge is 0.457 e. The Bertz CT molecular complexity index is 600. The van der Waals surface area contributed by atoms with E-state index in [1.165, 1.54) is 6.08 Å². The third-order valence-electron chi connectivity index (χ3n) is 2.41. The molecule has 0 radical (unpaired) electrons. The zero-order valence-electron chi connectivity index (χ0n) is 12.7. The number of benzene rings is 1. The fraction of sp³-hybridized carbons (Fsp3) is 0.263. The van der Waals surface area contributed by atoms with E-state index in [0.29, 0.717) is 17.0 Å². The van der Waals surface area contributed by atoms with E-state index in [1.54, 1.807) is 44.2 Å². The molecule has 1 amide bonds. The number of carbonyl (C=O) groups is 2. The second kappa shape index (κ2) is 11.7. The molecule has 0 aromatic heterocycles. The molecule has 24 heavy (non-hydrogen) atoms. The highest BCUT2D eigenvalue weighted by atomic mass is 16.7. The van der Waals surface area contributed by atoms with Crippen molar-refractivity contribution in [2.24, 2.45) is 0 Å². The number of esters is 1. The Morgan fingerprint density at radius 2 is 1.71 bits per heavy atom. The van der Waals surface area contributed by atoms with Gasteiger partial charge in [-0.1, -0.05) is 40.1 Å². The zero-order valence-corrected chi connectivity index (χ0v) is 12.7. The van der Waals surface area contributed by atoms with Crippen LogP contribution in [0.5, 0.6) is 5.75 Å². The van der Waals surface area contributed by atoms with E-state index in [4.69, 9.17) is 9.47 Å². The molecule has 0 saturated carbocycles. The Morgan fingerprint density at radius 1 is 1.12 bits per heavy atom. The first-order chi connectivity index (χ1) is 10.4. The first kappa shape index (κ1) is 23.4. The van der Waals surface area contributed by atoms with Crippen LogP contribution in [0.25, 0.3) is 6.08 Å². The van der Waals surface area contributed by atoms with Crippen LogP contribution >= 0.6 is 0 Å². The van der Waals surface area contributed by atoms with Crippen LogP contribution in [-0.2, 0) is 14.3 Å². The van der Waals surface area contributed by atoms with Crippen molar-refractivity contribution in [3.8, 4) is 5.75 Å². The molecule has 1 N–H and O–H groups in total. The summed E-state index contributed by atoms with van der Waals surface area (Å²) in [5.41, 5.74) is 1.74. The second-order valence-electron chi connectivity index (χ2n) is 4.65. The van der Waals surface area contributed by atoms with E-state index < -0.39 is 5.97 Å². The van der Waals surface area contributed by atoms with Crippen molar-refractivity contribution < 1.29 is 19.1 Å². The van der Waals surface area contributed by atoms with Crippen molar-refractivity contribution in [1.29, 1.82) is 0 Å². The van der Waals surface area contributed by atoms with Crippen LogP contribution in [0.1, 0.15) is 34.3 Å². The molecule has 132 valence electrons. The highest BCUT2D eigenvalue weighted by Crippen LogP contribution is 2.13. The SMILES string of the molecule is C.C.C=C(C)NC(=O)/C=C/c1ccc(OCOC(=O)C(=C)C)cc1. The van der Waals surface area contributed by atoms with Crippen LogP contribution in [-0.4, -0.2) is 18.7 Å². The van der Waals surface area contributed by atoms with Crippen molar-refractivity contribution in [1.82, 2.24) is 5.32 Å². The first-order valence-electron chi connectivity index (χ1n) is 6.58. The van der Waals surface area contributed by atoms with Crippen LogP contribution in [0.15, 0.2) is 54.8 Å². The Labute approximate surface area is 144 Å². The molecule has 5 nitrogen and oxygen atoms in total. The minimum atomic E-state index is -0.497. The number of amides is 1. The zero-order chi connectivity index (χ0) is 16.5. The van der Waals surface area contributed by atoms with E-state index in [1.807, 2.05) is 0 Å². The molecule has 0 aliphatic rings. The lowest BCUT2D eigenvalue weighted by molar-refractivity contribution is -0.145. The summed E-state index contributed by atoms with van der Waals surface area (Å²) >= 11 is 0. The van der Waals surface area contributed by atoms with Gasteiger partial charge in [-0.2, -0.15) is 0 Å². The maximum atomic E-state index is 11.4. The molecule has 5 heteroatoms. The van der Waals surface area contributed by atoms with Gasteiger partial charge in [0.25, 0.3) is 0 Å². The summed E-state index contributed by atoms with van der Waals surface area (Å²) in [5.74, 6) is -0.180. The number of allylic oxidation sites excluding steroid dienone is 1. The lowest BCUT2D eigenvalue weighted by atomic mass is 10.2. The predicted octanol–water partition coefficient (Wildman–Crippen LogP) is 4.08. The standard InChI is InChI=1S/C17H19NO4.2CH4/c1-12(2)17(20)22-11-21-15-8-5-14(6-9-15)7-10-16(19)18-13(3)4;;/h5-10H,1,3,11H2,2,4H3,(H,18,19);2*1H4/b10-7+;;. The number of rotatable bonds is 7. The molecule has 0 aliphatic carbocycles. The fourth-order valence-corrected chi connectivity index (χ4v) is 1.37. The number of nitrogens with one attached hydrogen (secondary N) is 1. The highest BCUT2D eigenvalue weighted by molar-refractivity contribution is 5.92. The molecule has 1 aromatic carbocycles. The summed E-state index contributed by atoms with van der Waals surface area (Å²) in [7, 11) is 0. The third kappa shape index (κ3) is 9.25. The third-order valence-corrected chi connectivity index (χ3v) is 2.41. The van der Waals surface area contributed by atoms with E-state index in [0.717, 1.165) is 5.56 Å². The molecule has 0 bridgehead atoms. The molecule has 0 atom stereocenters. The van der Waals surface area contributed by atoms with E-state index in [-0.39, 0.29) is 27.6 Å². The number of ether oxygens (including phenoxy) is 2. The summed E-state index contributed by atoms with van der Waals surface area (Å²) in [6.45, 7) is 10.1. The first-order valence-corrected chi connectivity index (χ1v) is 6.58. The van der Waals surface area contributed by atoms with E-state index >= 15 is 0 Å². The monoisotopic (exact) mass is 333 g/mol. The molecule has 0 aliphatic heterocycles. The maximum Gasteiger partial charge on any atom is 0.335 e. The summed E-state index contributed by atoms with van der Waals surface area (Å²) in [5, 5.41) is 2.57. The smallest absolute Gasteiger partial charge is 0.335 e. The molecular weight excluding hydrogens is 306 g/mol. The molecule has 0 saturated heterocycles. The quantitative estimate of drug-likeness (QED) is 0.464. The summed E-state index contributed by atoms with van der Waals surface area (Å²) in [6, 6.07) is 6.98. The Balaban J connectivity index is 0. The van der Waals surface area contributed by atoms with E-state index in [2.05, 4.69) is 18.5 Å².